The third-order valence-electron chi connectivity index (χ3n) is 5.87. The van der Waals surface area contributed by atoms with Crippen molar-refractivity contribution in [1.29, 1.82) is 0 Å². The number of carbonyl (C=O) groups is 3. The zero-order chi connectivity index (χ0) is 24.9. The number of rotatable bonds is 9. The number of aliphatic carboxylic acids is 1. The number of alkyl halides is 3. The van der Waals surface area contributed by atoms with Crippen LogP contribution in [0.5, 0.6) is 0 Å². The SMILES string of the molecule is CCC(CNC(=O)OCC1c2ccccc2-c2ccccc21)C(=O)NCC(C(=O)O)C(F)(F)F. The molecule has 0 saturated heterocycles. The first-order chi connectivity index (χ1) is 16.1. The molecule has 2 atom stereocenters. The Balaban J connectivity index is 1.52. The van der Waals surface area contributed by atoms with Gasteiger partial charge >= 0.3 is 18.2 Å². The molecule has 3 rings (SSSR count). The predicted molar refractivity (Wildman–Crippen MR) is 117 cm³/mol. The highest BCUT2D eigenvalue weighted by Crippen LogP contribution is 2.44. The van der Waals surface area contributed by atoms with Crippen molar-refractivity contribution in [2.24, 2.45) is 11.8 Å². The van der Waals surface area contributed by atoms with Crippen molar-refractivity contribution < 1.29 is 37.4 Å². The van der Waals surface area contributed by atoms with Gasteiger partial charge in [-0.2, -0.15) is 13.2 Å². The van der Waals surface area contributed by atoms with Crippen molar-refractivity contribution >= 4 is 18.0 Å². The normalized spacial score (nSPS) is 14.5. The van der Waals surface area contributed by atoms with Gasteiger partial charge in [0, 0.05) is 19.0 Å². The van der Waals surface area contributed by atoms with Crippen LogP contribution < -0.4 is 10.6 Å². The first kappa shape index (κ1) is 25.1. The summed E-state index contributed by atoms with van der Waals surface area (Å²) in [5.74, 6) is -6.54. The maximum atomic E-state index is 12.8. The van der Waals surface area contributed by atoms with E-state index < -0.39 is 42.5 Å². The van der Waals surface area contributed by atoms with E-state index in [1.54, 1.807) is 6.92 Å². The minimum atomic E-state index is -4.99. The second kappa shape index (κ2) is 10.6. The van der Waals surface area contributed by atoms with Crippen LogP contribution in [0, 0.1) is 11.8 Å². The van der Waals surface area contributed by atoms with Crippen molar-refractivity contribution in [3.05, 3.63) is 59.7 Å². The van der Waals surface area contributed by atoms with Crippen molar-refractivity contribution in [1.82, 2.24) is 10.6 Å². The van der Waals surface area contributed by atoms with Crippen molar-refractivity contribution in [2.75, 3.05) is 19.7 Å². The third-order valence-corrected chi connectivity index (χ3v) is 5.87. The topological polar surface area (TPSA) is 105 Å². The molecule has 0 fully saturated rings. The second-order valence-electron chi connectivity index (χ2n) is 7.99. The molecule has 0 aromatic heterocycles. The molecule has 182 valence electrons. The lowest BCUT2D eigenvalue weighted by Gasteiger charge is -2.20. The summed E-state index contributed by atoms with van der Waals surface area (Å²) in [5.41, 5.74) is 4.24. The van der Waals surface area contributed by atoms with Crippen molar-refractivity contribution in [3.8, 4) is 11.1 Å². The maximum Gasteiger partial charge on any atom is 0.407 e. The number of amides is 2. The summed E-state index contributed by atoms with van der Waals surface area (Å²) in [6.07, 6.45) is -5.52. The largest absolute Gasteiger partial charge is 0.481 e. The fraction of sp³-hybridized carbons (Fsp3) is 0.375. The van der Waals surface area contributed by atoms with Crippen LogP contribution in [0.15, 0.2) is 48.5 Å². The third kappa shape index (κ3) is 5.67. The van der Waals surface area contributed by atoms with Crippen molar-refractivity contribution in [2.45, 2.75) is 25.4 Å². The molecule has 2 amide bonds. The minimum absolute atomic E-state index is 0.0781. The summed E-state index contributed by atoms with van der Waals surface area (Å²) in [6.45, 7) is 0.457. The quantitative estimate of drug-likeness (QED) is 0.507. The molecule has 0 heterocycles. The van der Waals surface area contributed by atoms with Gasteiger partial charge in [-0.25, -0.2) is 4.79 Å². The summed E-state index contributed by atoms with van der Waals surface area (Å²) < 4.78 is 43.6. The summed E-state index contributed by atoms with van der Waals surface area (Å²) in [5, 5.41) is 13.2. The van der Waals surface area contributed by atoms with Gasteiger partial charge in [-0.15, -0.1) is 0 Å². The average Bonchev–Trinajstić information content (AvgIpc) is 3.11. The molecule has 2 aromatic rings. The molecule has 34 heavy (non-hydrogen) atoms. The average molecular weight is 478 g/mol. The Bertz CT molecular complexity index is 1010. The highest BCUT2D eigenvalue weighted by atomic mass is 19.4. The molecule has 0 bridgehead atoms. The predicted octanol–water partition coefficient (Wildman–Crippen LogP) is 3.93. The van der Waals surface area contributed by atoms with E-state index in [2.05, 4.69) is 5.32 Å². The van der Waals surface area contributed by atoms with E-state index in [-0.39, 0.29) is 25.5 Å². The zero-order valence-electron chi connectivity index (χ0n) is 18.4. The number of ether oxygens (including phenoxy) is 1. The Kier molecular flexibility index (Phi) is 7.80. The van der Waals surface area contributed by atoms with Crippen LogP contribution in [-0.4, -0.2) is 48.9 Å². The van der Waals surface area contributed by atoms with Gasteiger partial charge < -0.3 is 20.5 Å². The zero-order valence-corrected chi connectivity index (χ0v) is 18.4. The van der Waals surface area contributed by atoms with Crippen LogP contribution in [0.3, 0.4) is 0 Å². The van der Waals surface area contributed by atoms with Gasteiger partial charge in [0.25, 0.3) is 0 Å². The van der Waals surface area contributed by atoms with Crippen LogP contribution in [-0.2, 0) is 14.3 Å². The van der Waals surface area contributed by atoms with Gasteiger partial charge in [0.1, 0.15) is 6.61 Å². The molecule has 0 radical (unpaired) electrons. The molecule has 1 aliphatic carbocycles. The summed E-state index contributed by atoms with van der Waals surface area (Å²) in [6, 6.07) is 15.7. The van der Waals surface area contributed by atoms with E-state index in [1.807, 2.05) is 53.8 Å². The molecule has 1 aliphatic rings. The number of hydrogen-bond donors (Lipinski definition) is 3. The molecule has 0 saturated carbocycles. The Hall–Kier alpha value is -3.56. The highest BCUT2D eigenvalue weighted by Gasteiger charge is 2.45. The Morgan fingerprint density at radius 3 is 2.03 bits per heavy atom. The highest BCUT2D eigenvalue weighted by molar-refractivity contribution is 5.81. The van der Waals surface area contributed by atoms with E-state index in [4.69, 9.17) is 9.84 Å². The fourth-order valence-electron chi connectivity index (χ4n) is 3.97. The summed E-state index contributed by atoms with van der Waals surface area (Å²) >= 11 is 0. The van der Waals surface area contributed by atoms with Crippen LogP contribution in [0.4, 0.5) is 18.0 Å². The van der Waals surface area contributed by atoms with Crippen molar-refractivity contribution in [3.63, 3.8) is 0 Å². The molecule has 2 aromatic carbocycles. The summed E-state index contributed by atoms with van der Waals surface area (Å²) in [4.78, 5) is 35.3. The molecule has 2 unspecified atom stereocenters. The maximum absolute atomic E-state index is 12.8. The number of carboxylic acids is 1. The van der Waals surface area contributed by atoms with E-state index >= 15 is 0 Å². The lowest BCUT2D eigenvalue weighted by Crippen LogP contribution is -2.45. The Labute approximate surface area is 194 Å². The molecule has 0 aliphatic heterocycles. The second-order valence-corrected chi connectivity index (χ2v) is 7.99. The lowest BCUT2D eigenvalue weighted by atomic mass is 9.98. The van der Waals surface area contributed by atoms with Gasteiger partial charge in [0.05, 0.1) is 5.92 Å². The van der Waals surface area contributed by atoms with E-state index in [0.29, 0.717) is 0 Å². The fourth-order valence-corrected chi connectivity index (χ4v) is 3.97. The van der Waals surface area contributed by atoms with E-state index in [1.165, 1.54) is 0 Å². The summed E-state index contributed by atoms with van der Waals surface area (Å²) in [7, 11) is 0. The number of alkyl carbamates (subject to hydrolysis) is 1. The first-order valence-electron chi connectivity index (χ1n) is 10.8. The first-order valence-corrected chi connectivity index (χ1v) is 10.8. The van der Waals surface area contributed by atoms with Gasteiger partial charge in [-0.1, -0.05) is 55.5 Å². The van der Waals surface area contributed by atoms with Crippen LogP contribution >= 0.6 is 0 Å². The Morgan fingerprint density at radius 1 is 0.971 bits per heavy atom. The van der Waals surface area contributed by atoms with Gasteiger partial charge in [-0.3, -0.25) is 9.59 Å². The molecular weight excluding hydrogens is 453 g/mol. The molecule has 7 nitrogen and oxygen atoms in total. The molecular formula is C24H25F3N2O5. The van der Waals surface area contributed by atoms with Crippen LogP contribution in [0.25, 0.3) is 11.1 Å². The standard InChI is InChI=1S/C24H25F3N2O5/c1-2-14(21(30)28-12-20(22(31)32)24(25,26)27)11-29-23(33)34-13-19-17-9-5-3-7-15(17)16-8-4-6-10-18(16)19/h3-10,14,19-20H,2,11-13H2,1H3,(H,28,30)(H,29,33)(H,31,32). The molecule has 3 N–H and O–H groups in total. The number of fused-ring (bicyclic) bond motifs is 3. The number of nitrogens with one attached hydrogen (secondary N) is 2. The van der Waals surface area contributed by atoms with Crippen LogP contribution in [0.2, 0.25) is 0 Å². The van der Waals surface area contributed by atoms with Gasteiger partial charge in [0.15, 0.2) is 5.92 Å². The monoisotopic (exact) mass is 478 g/mol. The minimum Gasteiger partial charge on any atom is -0.481 e. The lowest BCUT2D eigenvalue weighted by molar-refractivity contribution is -0.192. The van der Waals surface area contributed by atoms with Crippen LogP contribution in [0.1, 0.15) is 30.4 Å². The molecule has 0 spiro atoms. The number of carbonyl (C=O) groups excluding carboxylic acids is 2. The number of hydrogen-bond acceptors (Lipinski definition) is 4. The number of benzene rings is 2. The molecule has 10 heteroatoms. The van der Waals surface area contributed by atoms with E-state index in [9.17, 15) is 27.6 Å². The number of carboxylic acid groups (broad SMARTS) is 1. The van der Waals surface area contributed by atoms with E-state index in [0.717, 1.165) is 22.3 Å². The number of halogens is 3. The van der Waals surface area contributed by atoms with Gasteiger partial charge in [0.2, 0.25) is 5.91 Å². The smallest absolute Gasteiger partial charge is 0.407 e. The van der Waals surface area contributed by atoms with Gasteiger partial charge in [-0.05, 0) is 28.7 Å². The Morgan fingerprint density at radius 2 is 1.53 bits per heavy atom.